The third kappa shape index (κ3) is 2.47. The molecular weight excluding hydrogens is 222 g/mol. The highest BCUT2D eigenvalue weighted by molar-refractivity contribution is 7.07. The lowest BCUT2D eigenvalue weighted by atomic mass is 10.2. The molecule has 0 radical (unpaired) electrons. The smallest absolute Gasteiger partial charge is 0.160 e. The van der Waals surface area contributed by atoms with E-state index in [4.69, 9.17) is 5.84 Å². The Morgan fingerprint density at radius 1 is 1.38 bits per heavy atom. The van der Waals surface area contributed by atoms with Gasteiger partial charge in [-0.05, 0) is 29.3 Å². The van der Waals surface area contributed by atoms with Crippen LogP contribution in [0.15, 0.2) is 29.2 Å². The van der Waals surface area contributed by atoms with Crippen molar-refractivity contribution in [2.75, 3.05) is 10.7 Å². The minimum absolute atomic E-state index is 0.202. The maximum absolute atomic E-state index is 5.27. The molecule has 2 heterocycles. The second-order valence-corrected chi connectivity index (χ2v) is 4.14. The van der Waals surface area contributed by atoms with Gasteiger partial charge in [-0.1, -0.05) is 0 Å². The molecule has 0 aliphatic rings. The van der Waals surface area contributed by atoms with Crippen LogP contribution in [-0.4, -0.2) is 9.97 Å². The molecule has 2 aromatic rings. The number of nitrogens with one attached hydrogen (secondary N) is 2. The van der Waals surface area contributed by atoms with Crippen LogP contribution in [0.3, 0.4) is 0 Å². The van der Waals surface area contributed by atoms with E-state index in [0.717, 1.165) is 0 Å². The van der Waals surface area contributed by atoms with E-state index in [9.17, 15) is 0 Å². The third-order valence-corrected chi connectivity index (χ3v) is 2.89. The van der Waals surface area contributed by atoms with E-state index in [1.54, 1.807) is 23.7 Å². The van der Waals surface area contributed by atoms with E-state index in [1.807, 2.05) is 0 Å². The van der Waals surface area contributed by atoms with Crippen LogP contribution >= 0.6 is 11.3 Å². The number of aromatic nitrogens is 2. The first-order valence-corrected chi connectivity index (χ1v) is 5.81. The van der Waals surface area contributed by atoms with Gasteiger partial charge in [-0.15, -0.1) is 0 Å². The molecule has 0 saturated carbocycles. The van der Waals surface area contributed by atoms with Crippen LogP contribution in [-0.2, 0) is 0 Å². The molecule has 0 aliphatic heterocycles. The molecule has 0 spiro atoms. The Bertz CT molecular complexity index is 442. The summed E-state index contributed by atoms with van der Waals surface area (Å²) in [5.41, 5.74) is 3.70. The number of hydrogen-bond donors (Lipinski definition) is 3. The molecule has 5 nitrogen and oxygen atoms in total. The van der Waals surface area contributed by atoms with E-state index in [0.29, 0.717) is 11.6 Å². The van der Waals surface area contributed by atoms with Crippen LogP contribution in [0.5, 0.6) is 0 Å². The third-order valence-electron chi connectivity index (χ3n) is 2.19. The van der Waals surface area contributed by atoms with Gasteiger partial charge in [0.05, 0.1) is 18.4 Å². The van der Waals surface area contributed by atoms with Gasteiger partial charge >= 0.3 is 0 Å². The van der Waals surface area contributed by atoms with E-state index in [1.165, 1.54) is 5.56 Å². The zero-order valence-corrected chi connectivity index (χ0v) is 9.66. The monoisotopic (exact) mass is 235 g/mol. The van der Waals surface area contributed by atoms with Crippen molar-refractivity contribution in [3.8, 4) is 0 Å². The van der Waals surface area contributed by atoms with Crippen LogP contribution in [0.25, 0.3) is 0 Å². The zero-order valence-electron chi connectivity index (χ0n) is 8.84. The van der Waals surface area contributed by atoms with Crippen LogP contribution in [0.1, 0.15) is 18.5 Å². The molecule has 1 atom stereocenters. The van der Waals surface area contributed by atoms with Crippen LogP contribution in [0.2, 0.25) is 0 Å². The number of hydrazine groups is 1. The predicted octanol–water partition coefficient (Wildman–Crippen LogP) is 2.00. The van der Waals surface area contributed by atoms with Crippen molar-refractivity contribution in [2.24, 2.45) is 5.84 Å². The van der Waals surface area contributed by atoms with Crippen molar-refractivity contribution in [2.45, 2.75) is 13.0 Å². The number of hydrogen-bond acceptors (Lipinski definition) is 6. The highest BCUT2D eigenvalue weighted by Crippen LogP contribution is 2.20. The Hall–Kier alpha value is -1.66. The fourth-order valence-electron chi connectivity index (χ4n) is 1.33. The summed E-state index contributed by atoms with van der Waals surface area (Å²) in [6.07, 6.45) is 3.24. The average Bonchev–Trinajstić information content (AvgIpc) is 2.83. The summed E-state index contributed by atoms with van der Waals surface area (Å²) >= 11 is 1.68. The SMILES string of the molecule is CC(Nc1cncc(NN)n1)c1ccsc1. The molecule has 4 N–H and O–H groups in total. The van der Waals surface area contributed by atoms with Gasteiger partial charge < -0.3 is 10.7 Å². The minimum atomic E-state index is 0.202. The average molecular weight is 235 g/mol. The second kappa shape index (κ2) is 4.91. The summed E-state index contributed by atoms with van der Waals surface area (Å²) < 4.78 is 0. The largest absolute Gasteiger partial charge is 0.362 e. The summed E-state index contributed by atoms with van der Waals surface area (Å²) in [4.78, 5) is 8.26. The lowest BCUT2D eigenvalue weighted by Crippen LogP contribution is -2.12. The second-order valence-electron chi connectivity index (χ2n) is 3.36. The van der Waals surface area contributed by atoms with Gasteiger partial charge in [0, 0.05) is 0 Å². The van der Waals surface area contributed by atoms with Gasteiger partial charge in [-0.3, -0.25) is 4.98 Å². The van der Waals surface area contributed by atoms with Crippen molar-refractivity contribution in [3.63, 3.8) is 0 Å². The van der Waals surface area contributed by atoms with Crippen molar-refractivity contribution in [1.29, 1.82) is 0 Å². The lowest BCUT2D eigenvalue weighted by Gasteiger charge is -2.13. The Labute approximate surface area is 97.7 Å². The predicted molar refractivity (Wildman–Crippen MR) is 66.2 cm³/mol. The molecule has 0 amide bonds. The van der Waals surface area contributed by atoms with Crippen molar-refractivity contribution in [3.05, 3.63) is 34.8 Å². The topological polar surface area (TPSA) is 75.9 Å². The number of nitrogens with two attached hydrogens (primary N) is 1. The van der Waals surface area contributed by atoms with Gasteiger partial charge in [0.2, 0.25) is 0 Å². The van der Waals surface area contributed by atoms with Crippen LogP contribution < -0.4 is 16.6 Å². The van der Waals surface area contributed by atoms with Crippen LogP contribution in [0, 0.1) is 0 Å². The van der Waals surface area contributed by atoms with E-state index in [2.05, 4.69) is 44.5 Å². The summed E-state index contributed by atoms with van der Waals surface area (Å²) in [5, 5.41) is 7.42. The number of thiophene rings is 1. The summed E-state index contributed by atoms with van der Waals surface area (Å²) in [6.45, 7) is 2.08. The number of anilines is 2. The fourth-order valence-corrected chi connectivity index (χ4v) is 2.09. The summed E-state index contributed by atoms with van der Waals surface area (Å²) in [5.74, 6) is 6.51. The molecular formula is C10H13N5S. The first kappa shape index (κ1) is 10.8. The number of nitrogen functional groups attached to an aromatic ring is 1. The van der Waals surface area contributed by atoms with Crippen molar-refractivity contribution < 1.29 is 0 Å². The number of rotatable bonds is 4. The zero-order chi connectivity index (χ0) is 11.4. The number of nitrogens with zero attached hydrogens (tertiary/aromatic N) is 2. The van der Waals surface area contributed by atoms with Gasteiger partial charge in [0.25, 0.3) is 0 Å². The molecule has 0 saturated heterocycles. The van der Waals surface area contributed by atoms with E-state index in [-0.39, 0.29) is 6.04 Å². The molecule has 0 aliphatic carbocycles. The molecule has 2 rings (SSSR count). The molecule has 1 unspecified atom stereocenters. The van der Waals surface area contributed by atoms with E-state index < -0.39 is 0 Å². The Kier molecular flexibility index (Phi) is 3.33. The van der Waals surface area contributed by atoms with E-state index >= 15 is 0 Å². The van der Waals surface area contributed by atoms with Gasteiger partial charge in [-0.25, -0.2) is 10.8 Å². The molecule has 16 heavy (non-hydrogen) atoms. The van der Waals surface area contributed by atoms with Crippen molar-refractivity contribution in [1.82, 2.24) is 9.97 Å². The normalized spacial score (nSPS) is 12.1. The Morgan fingerprint density at radius 3 is 2.88 bits per heavy atom. The first-order valence-electron chi connectivity index (χ1n) is 4.87. The molecule has 6 heteroatoms. The molecule has 2 aromatic heterocycles. The molecule has 0 bridgehead atoms. The van der Waals surface area contributed by atoms with Gasteiger partial charge in [0.15, 0.2) is 5.82 Å². The Morgan fingerprint density at radius 2 is 2.19 bits per heavy atom. The molecule has 0 aromatic carbocycles. The maximum Gasteiger partial charge on any atom is 0.160 e. The minimum Gasteiger partial charge on any atom is -0.362 e. The highest BCUT2D eigenvalue weighted by Gasteiger charge is 2.06. The Balaban J connectivity index is 2.08. The standard InChI is InChI=1S/C10H13N5S/c1-7(8-2-3-16-6-8)13-9-4-12-5-10(14-9)15-11/h2-7H,11H2,1H3,(H2,13,14,15). The fraction of sp³-hybridized carbons (Fsp3) is 0.200. The van der Waals surface area contributed by atoms with Crippen LogP contribution in [0.4, 0.5) is 11.6 Å². The summed E-state index contributed by atoms with van der Waals surface area (Å²) in [7, 11) is 0. The maximum atomic E-state index is 5.27. The molecule has 0 fully saturated rings. The van der Waals surface area contributed by atoms with Gasteiger partial charge in [-0.2, -0.15) is 11.3 Å². The summed E-state index contributed by atoms with van der Waals surface area (Å²) in [6, 6.07) is 2.29. The lowest BCUT2D eigenvalue weighted by molar-refractivity contribution is 0.876. The van der Waals surface area contributed by atoms with Gasteiger partial charge in [0.1, 0.15) is 5.82 Å². The first-order chi connectivity index (χ1) is 7.79. The highest BCUT2D eigenvalue weighted by atomic mass is 32.1. The van der Waals surface area contributed by atoms with Crippen molar-refractivity contribution >= 4 is 23.0 Å². The molecule has 84 valence electrons. The quantitative estimate of drug-likeness (QED) is 0.558.